The van der Waals surface area contributed by atoms with Crippen LogP contribution in [0.4, 0.5) is 0 Å². The lowest BCUT2D eigenvalue weighted by molar-refractivity contribution is -0.00469. The van der Waals surface area contributed by atoms with Crippen LogP contribution in [0.1, 0.15) is 58.3 Å². The molecule has 25 heavy (non-hydrogen) atoms. The van der Waals surface area contributed by atoms with E-state index in [1.54, 1.807) is 0 Å². The van der Waals surface area contributed by atoms with Crippen molar-refractivity contribution >= 4 is 12.4 Å². The van der Waals surface area contributed by atoms with Crippen molar-refractivity contribution in [1.29, 1.82) is 0 Å². The van der Waals surface area contributed by atoms with Crippen LogP contribution in [-0.2, 0) is 0 Å². The minimum absolute atomic E-state index is 0.0969. The Bertz CT molecular complexity index is 545. The second-order valence-corrected chi connectivity index (χ2v) is 8.83. The summed E-state index contributed by atoms with van der Waals surface area (Å²) in [6, 6.07) is -0.153. The zero-order chi connectivity index (χ0) is 18.0. The Morgan fingerprint density at radius 2 is 2.00 bits per heavy atom. The number of aliphatic hydroxyl groups is 2. The Hall–Kier alpha value is -1.03. The fourth-order valence-electron chi connectivity index (χ4n) is 6.40. The van der Waals surface area contributed by atoms with Crippen LogP contribution in [0.2, 0.25) is 0 Å². The van der Waals surface area contributed by atoms with Gasteiger partial charge >= 0.3 is 0 Å². The van der Waals surface area contributed by atoms with Gasteiger partial charge in [0.2, 0.25) is 0 Å². The van der Waals surface area contributed by atoms with Gasteiger partial charge in [-0.05, 0) is 81.5 Å². The molecule has 0 bridgehead atoms. The molecule has 140 valence electrons. The van der Waals surface area contributed by atoms with Crippen LogP contribution in [0.3, 0.4) is 0 Å². The van der Waals surface area contributed by atoms with E-state index in [0.717, 1.165) is 44.9 Å². The monoisotopic (exact) mass is 349 g/mol. The zero-order valence-electron chi connectivity index (χ0n) is 15.4. The van der Waals surface area contributed by atoms with Gasteiger partial charge in [0, 0.05) is 19.6 Å². The molecule has 3 aliphatic rings. The smallest absolute Gasteiger partial charge is 0.285 e. The number of hydrogen-bond acceptors (Lipinski definition) is 4. The molecule has 0 saturated heterocycles. The molecule has 7 atom stereocenters. The van der Waals surface area contributed by atoms with Crippen LogP contribution in [0.15, 0.2) is 5.18 Å². The molecule has 0 aromatic carbocycles. The van der Waals surface area contributed by atoms with E-state index in [1.807, 2.05) is 0 Å². The highest BCUT2D eigenvalue weighted by Gasteiger charge is 2.57. The molecule has 3 aliphatic carbocycles. The van der Waals surface area contributed by atoms with Crippen molar-refractivity contribution < 1.29 is 10.2 Å². The van der Waals surface area contributed by atoms with Crippen molar-refractivity contribution in [3.63, 3.8) is 0 Å². The highest BCUT2D eigenvalue weighted by molar-refractivity contribution is 5.92. The van der Waals surface area contributed by atoms with E-state index >= 15 is 0 Å². The fraction of sp³-hybridized carbons (Fsp3) is 0.900. The molecule has 0 aliphatic heterocycles. The summed E-state index contributed by atoms with van der Waals surface area (Å²) in [5.41, 5.74) is 1.33. The summed E-state index contributed by atoms with van der Waals surface area (Å²) < 4.78 is 4.32. The summed E-state index contributed by atoms with van der Waals surface area (Å²) in [5.74, 6) is 1.90. The molecule has 0 spiro atoms. The van der Waals surface area contributed by atoms with Crippen LogP contribution in [0.25, 0.3) is 0 Å². The third kappa shape index (κ3) is 3.34. The lowest BCUT2D eigenvalue weighted by Crippen LogP contribution is -2.45. The first-order chi connectivity index (χ1) is 12.1. The molecule has 3 rings (SSSR count). The Morgan fingerprint density at radius 1 is 1.20 bits per heavy atom. The Kier molecular flexibility index (Phi) is 5.77. The maximum atomic E-state index is 11.0. The van der Waals surface area contributed by atoms with Gasteiger partial charge in [-0.25, -0.2) is 0 Å². The van der Waals surface area contributed by atoms with Gasteiger partial charge in [-0.1, -0.05) is 5.18 Å². The second kappa shape index (κ2) is 7.69. The van der Waals surface area contributed by atoms with Gasteiger partial charge in [-0.2, -0.15) is 4.91 Å². The van der Waals surface area contributed by atoms with E-state index in [0.29, 0.717) is 30.1 Å². The van der Waals surface area contributed by atoms with Gasteiger partial charge in [0.25, 0.3) is 12.4 Å². The largest absolute Gasteiger partial charge is 0.396 e. The van der Waals surface area contributed by atoms with Crippen molar-refractivity contribution in [2.75, 3.05) is 13.2 Å². The predicted molar refractivity (Wildman–Crippen MR) is 101 cm³/mol. The molecule has 0 radical (unpaired) electrons. The lowest BCUT2D eigenvalue weighted by Gasteiger charge is -2.46. The molecule has 0 aromatic rings. The first kappa shape index (κ1) is 18.8. The molecule has 5 heteroatoms. The van der Waals surface area contributed by atoms with Gasteiger partial charge in [0.1, 0.15) is 0 Å². The number of aliphatic hydroxyl groups excluding tert-OH is 2. The van der Waals surface area contributed by atoms with Crippen LogP contribution in [0.5, 0.6) is 0 Å². The zero-order valence-corrected chi connectivity index (χ0v) is 15.4. The summed E-state index contributed by atoms with van der Waals surface area (Å²) in [4.78, 5) is 11.0. The summed E-state index contributed by atoms with van der Waals surface area (Å²) >= 11 is 0. The van der Waals surface area contributed by atoms with Crippen molar-refractivity contribution in [3.8, 4) is 0 Å². The van der Waals surface area contributed by atoms with Gasteiger partial charge < -0.3 is 10.2 Å². The van der Waals surface area contributed by atoms with E-state index in [-0.39, 0.29) is 30.6 Å². The Balaban J connectivity index is 1.80. The third-order valence-corrected chi connectivity index (χ3v) is 7.76. The number of rotatable bonds is 4. The highest BCUT2D eigenvalue weighted by atomic mass is 16.3. The summed E-state index contributed by atoms with van der Waals surface area (Å²) in [7, 11) is 0. The van der Waals surface area contributed by atoms with Crippen LogP contribution in [0, 0.1) is 39.9 Å². The summed E-state index contributed by atoms with van der Waals surface area (Å²) in [6.45, 7) is 6.45. The van der Waals surface area contributed by atoms with E-state index < -0.39 is 0 Å². The lowest BCUT2D eigenvalue weighted by atomic mass is 9.57. The normalized spacial score (nSPS) is 44.7. The van der Waals surface area contributed by atoms with Gasteiger partial charge in [0.15, 0.2) is 0 Å². The first-order valence-corrected chi connectivity index (χ1v) is 9.94. The predicted octanol–water partition coefficient (Wildman–Crippen LogP) is 2.56. The van der Waals surface area contributed by atoms with Gasteiger partial charge in [0.05, 0.1) is 11.5 Å². The summed E-state index contributed by atoms with van der Waals surface area (Å²) in [5, 5.41) is 23.2. The van der Waals surface area contributed by atoms with Crippen LogP contribution >= 0.6 is 0 Å². The number of nitrogens with zero attached hydrogens (tertiary/aromatic N) is 2. The molecule has 0 amide bonds. The highest BCUT2D eigenvalue weighted by Crippen LogP contribution is 2.56. The average molecular weight is 349 g/mol. The van der Waals surface area contributed by atoms with Crippen molar-refractivity contribution in [2.24, 2.45) is 40.2 Å². The molecule has 5 nitrogen and oxygen atoms in total. The molecule has 3 saturated carbocycles. The number of hydrogen-bond donors (Lipinski definition) is 2. The summed E-state index contributed by atoms with van der Waals surface area (Å²) in [6.07, 6.45) is 7.81. The SMILES string of the molecule is C=[N+]=C1CCC2[C@H](CO)C([C@@H]3CC[C@H](N=O)C[C@H](CO)C3)CC[C@]12C. The molecule has 0 heterocycles. The minimum atomic E-state index is -0.153. The minimum Gasteiger partial charge on any atom is -0.396 e. The van der Waals surface area contributed by atoms with E-state index in [1.165, 1.54) is 5.71 Å². The van der Waals surface area contributed by atoms with E-state index in [4.69, 9.17) is 0 Å². The van der Waals surface area contributed by atoms with Crippen molar-refractivity contribution in [1.82, 2.24) is 4.67 Å². The molecular formula is C20H33N2O3+. The average Bonchev–Trinajstić information content (AvgIpc) is 2.83. The second-order valence-electron chi connectivity index (χ2n) is 8.83. The Labute approximate surface area is 150 Å². The van der Waals surface area contributed by atoms with Crippen molar-refractivity contribution in [3.05, 3.63) is 4.91 Å². The standard InChI is InChI=1S/C20H33N2O3/c1-20-8-7-16(17(12-24)18(20)5-6-19(20)21-2)14-3-4-15(22-25)10-13(9-14)11-23/h13-18,23-24H,2-12H2,1H3/q+1/t13-,14-,15+,16?,17-,18?,20+/m1/s1. The number of nitroso groups, excluding NO2 is 1. The van der Waals surface area contributed by atoms with Crippen molar-refractivity contribution in [2.45, 2.75) is 64.3 Å². The topological polar surface area (TPSA) is 84.0 Å². The van der Waals surface area contributed by atoms with Crippen LogP contribution in [-0.4, -0.2) is 41.9 Å². The fourth-order valence-corrected chi connectivity index (χ4v) is 6.40. The van der Waals surface area contributed by atoms with E-state index in [2.05, 4.69) is 23.5 Å². The van der Waals surface area contributed by atoms with Gasteiger partial charge in [-0.15, -0.1) is 4.67 Å². The molecule has 2 N–H and O–H groups in total. The maximum absolute atomic E-state index is 11.0. The van der Waals surface area contributed by atoms with Gasteiger partial charge in [-0.3, -0.25) is 0 Å². The quantitative estimate of drug-likeness (QED) is 0.354. The molecule has 2 unspecified atom stereocenters. The molecule has 0 aromatic heterocycles. The van der Waals surface area contributed by atoms with Crippen LogP contribution < -0.4 is 4.67 Å². The molecule has 3 fully saturated rings. The first-order valence-electron chi connectivity index (χ1n) is 9.94. The third-order valence-electron chi connectivity index (χ3n) is 7.76. The maximum Gasteiger partial charge on any atom is 0.285 e. The molecular weight excluding hydrogens is 316 g/mol. The Morgan fingerprint density at radius 3 is 2.64 bits per heavy atom. The van der Waals surface area contributed by atoms with E-state index in [9.17, 15) is 15.1 Å². The number of fused-ring (bicyclic) bond motifs is 1.